The Kier molecular flexibility index (Phi) is 3.58. The van der Waals surface area contributed by atoms with Gasteiger partial charge >= 0.3 is 5.97 Å². The van der Waals surface area contributed by atoms with Crippen LogP contribution in [0, 0.1) is 5.41 Å². The molecule has 2 rings (SSSR count). The number of thiazole rings is 1. The molecule has 2 atom stereocenters. The highest BCUT2D eigenvalue weighted by Crippen LogP contribution is 2.38. The number of aliphatic carboxylic acids is 1. The molecule has 1 saturated carbocycles. The predicted molar refractivity (Wildman–Crippen MR) is 68.7 cm³/mol. The first-order chi connectivity index (χ1) is 8.02. The third kappa shape index (κ3) is 2.55. The highest BCUT2D eigenvalue weighted by molar-refractivity contribution is 7.14. The Hall–Kier alpha value is -0.810. The molecule has 1 fully saturated rings. The van der Waals surface area contributed by atoms with E-state index >= 15 is 0 Å². The van der Waals surface area contributed by atoms with Crippen molar-refractivity contribution in [3.63, 3.8) is 0 Å². The van der Waals surface area contributed by atoms with Crippen LogP contribution >= 0.6 is 22.9 Å². The maximum atomic E-state index is 11.4. The van der Waals surface area contributed by atoms with Gasteiger partial charge in [-0.3, -0.25) is 4.79 Å². The summed E-state index contributed by atoms with van der Waals surface area (Å²) < 4.78 is 0. The van der Waals surface area contributed by atoms with E-state index < -0.39 is 11.4 Å². The molecule has 1 aromatic rings. The van der Waals surface area contributed by atoms with Crippen molar-refractivity contribution in [3.05, 3.63) is 10.5 Å². The molecule has 0 bridgehead atoms. The molecule has 0 saturated heterocycles. The number of carboxylic acid groups (broad SMARTS) is 1. The van der Waals surface area contributed by atoms with Crippen LogP contribution in [-0.4, -0.2) is 22.1 Å². The molecule has 0 amide bonds. The average molecular weight is 275 g/mol. The smallest absolute Gasteiger partial charge is 0.311 e. The fourth-order valence-electron chi connectivity index (χ4n) is 2.29. The maximum absolute atomic E-state index is 11.4. The Morgan fingerprint density at radius 2 is 2.47 bits per heavy atom. The van der Waals surface area contributed by atoms with E-state index in [2.05, 4.69) is 10.3 Å². The van der Waals surface area contributed by atoms with Crippen molar-refractivity contribution in [2.45, 2.75) is 38.6 Å². The molecule has 2 N–H and O–H groups in total. The van der Waals surface area contributed by atoms with Crippen molar-refractivity contribution in [2.75, 3.05) is 5.32 Å². The largest absolute Gasteiger partial charge is 0.481 e. The summed E-state index contributed by atoms with van der Waals surface area (Å²) in [6.07, 6.45) is 3.60. The highest BCUT2D eigenvalue weighted by atomic mass is 35.5. The zero-order valence-electron chi connectivity index (χ0n) is 9.57. The van der Waals surface area contributed by atoms with Gasteiger partial charge in [0.2, 0.25) is 0 Å². The molecule has 17 heavy (non-hydrogen) atoms. The third-order valence-electron chi connectivity index (χ3n) is 3.47. The fourth-order valence-corrected chi connectivity index (χ4v) is 3.18. The summed E-state index contributed by atoms with van der Waals surface area (Å²) in [7, 11) is 0. The summed E-state index contributed by atoms with van der Waals surface area (Å²) in [4.78, 5) is 15.5. The zero-order valence-corrected chi connectivity index (χ0v) is 11.1. The Morgan fingerprint density at radius 3 is 3.06 bits per heavy atom. The summed E-state index contributed by atoms with van der Waals surface area (Å²) in [5.74, 6) is -0.739. The zero-order chi connectivity index (χ0) is 12.5. The number of rotatable bonds is 3. The molecule has 0 aromatic carbocycles. The van der Waals surface area contributed by atoms with E-state index in [0.29, 0.717) is 16.7 Å². The van der Waals surface area contributed by atoms with Gasteiger partial charge in [0.15, 0.2) is 5.13 Å². The van der Waals surface area contributed by atoms with Crippen LogP contribution in [0.2, 0.25) is 5.15 Å². The molecule has 0 spiro atoms. The molecule has 1 heterocycles. The predicted octanol–water partition coefficient (Wildman–Crippen LogP) is 3.24. The van der Waals surface area contributed by atoms with Gasteiger partial charge in [0, 0.05) is 11.4 Å². The number of halogens is 1. The van der Waals surface area contributed by atoms with Crippen LogP contribution in [0.3, 0.4) is 0 Å². The van der Waals surface area contributed by atoms with Crippen molar-refractivity contribution in [3.8, 4) is 0 Å². The van der Waals surface area contributed by atoms with E-state index in [1.807, 2.05) is 0 Å². The Morgan fingerprint density at radius 1 is 1.71 bits per heavy atom. The maximum Gasteiger partial charge on any atom is 0.311 e. The Labute approximate surface area is 109 Å². The first-order valence-electron chi connectivity index (χ1n) is 5.63. The van der Waals surface area contributed by atoms with Crippen LogP contribution in [0.1, 0.15) is 32.6 Å². The number of anilines is 1. The van der Waals surface area contributed by atoms with Gasteiger partial charge in [0.05, 0.1) is 5.41 Å². The first kappa shape index (κ1) is 12.6. The number of hydrogen-bond donors (Lipinski definition) is 2. The average Bonchev–Trinajstić information content (AvgIpc) is 2.67. The van der Waals surface area contributed by atoms with Crippen molar-refractivity contribution in [2.24, 2.45) is 5.41 Å². The lowest BCUT2D eigenvalue weighted by molar-refractivity contribution is -0.150. The van der Waals surface area contributed by atoms with E-state index in [-0.39, 0.29) is 6.04 Å². The summed E-state index contributed by atoms with van der Waals surface area (Å²) in [5.41, 5.74) is -0.712. The van der Waals surface area contributed by atoms with Crippen molar-refractivity contribution < 1.29 is 9.90 Å². The van der Waals surface area contributed by atoms with E-state index in [0.717, 1.165) is 19.3 Å². The number of carbonyl (C=O) groups is 1. The second kappa shape index (κ2) is 4.82. The lowest BCUT2D eigenvalue weighted by Crippen LogP contribution is -2.46. The summed E-state index contributed by atoms with van der Waals surface area (Å²) >= 11 is 7.16. The van der Waals surface area contributed by atoms with E-state index in [1.165, 1.54) is 11.3 Å². The van der Waals surface area contributed by atoms with E-state index in [4.69, 9.17) is 11.6 Å². The summed E-state index contributed by atoms with van der Waals surface area (Å²) in [6.45, 7) is 1.81. The summed E-state index contributed by atoms with van der Waals surface area (Å²) in [6, 6.07) is -0.0732. The van der Waals surface area contributed by atoms with Crippen LogP contribution in [0.5, 0.6) is 0 Å². The Bertz CT molecular complexity index is 423. The van der Waals surface area contributed by atoms with Crippen molar-refractivity contribution >= 4 is 34.0 Å². The fraction of sp³-hybridized carbons (Fsp3) is 0.636. The number of aromatic nitrogens is 1. The van der Waals surface area contributed by atoms with Crippen LogP contribution in [0.15, 0.2) is 5.38 Å². The minimum Gasteiger partial charge on any atom is -0.481 e. The van der Waals surface area contributed by atoms with Gasteiger partial charge in [-0.05, 0) is 19.8 Å². The standard InChI is InChI=1S/C11H15ClN2O2S/c1-11(9(15)16)5-3-2-4-7(11)13-10-14-8(12)6-17-10/h6-7H,2-5H2,1H3,(H,13,14)(H,15,16). The van der Waals surface area contributed by atoms with Crippen molar-refractivity contribution in [1.82, 2.24) is 4.98 Å². The number of carboxylic acids is 1. The monoisotopic (exact) mass is 274 g/mol. The molecule has 4 nitrogen and oxygen atoms in total. The van der Waals surface area contributed by atoms with Gasteiger partial charge in [-0.15, -0.1) is 11.3 Å². The van der Waals surface area contributed by atoms with Gasteiger partial charge in [-0.25, -0.2) is 4.98 Å². The van der Waals surface area contributed by atoms with Crippen LogP contribution < -0.4 is 5.32 Å². The second-order valence-corrected chi connectivity index (χ2v) is 5.89. The van der Waals surface area contributed by atoms with Crippen LogP contribution in [-0.2, 0) is 4.79 Å². The minimum absolute atomic E-state index is 0.0732. The number of nitrogens with one attached hydrogen (secondary N) is 1. The SMILES string of the molecule is CC1(C(=O)O)CCCCC1Nc1nc(Cl)cs1. The topological polar surface area (TPSA) is 62.2 Å². The lowest BCUT2D eigenvalue weighted by atomic mass is 9.72. The second-order valence-electron chi connectivity index (χ2n) is 4.64. The van der Waals surface area contributed by atoms with Gasteiger partial charge < -0.3 is 10.4 Å². The lowest BCUT2D eigenvalue weighted by Gasteiger charge is -2.38. The molecule has 1 aliphatic carbocycles. The van der Waals surface area contributed by atoms with Crippen LogP contribution in [0.4, 0.5) is 5.13 Å². The number of nitrogens with zero attached hydrogens (tertiary/aromatic N) is 1. The van der Waals surface area contributed by atoms with Gasteiger partial charge in [-0.2, -0.15) is 0 Å². The van der Waals surface area contributed by atoms with E-state index in [9.17, 15) is 9.90 Å². The molecule has 0 aliphatic heterocycles. The van der Waals surface area contributed by atoms with E-state index in [1.54, 1.807) is 12.3 Å². The number of hydrogen-bond acceptors (Lipinski definition) is 4. The molecular formula is C11H15ClN2O2S. The quantitative estimate of drug-likeness (QED) is 0.888. The van der Waals surface area contributed by atoms with Crippen LogP contribution in [0.25, 0.3) is 0 Å². The Balaban J connectivity index is 2.14. The molecule has 6 heteroatoms. The van der Waals surface area contributed by atoms with Crippen molar-refractivity contribution in [1.29, 1.82) is 0 Å². The molecular weight excluding hydrogens is 260 g/mol. The normalized spacial score (nSPS) is 28.9. The molecule has 2 unspecified atom stereocenters. The van der Waals surface area contributed by atoms with Gasteiger partial charge in [0.25, 0.3) is 0 Å². The third-order valence-corrected chi connectivity index (χ3v) is 4.57. The molecule has 0 radical (unpaired) electrons. The van der Waals surface area contributed by atoms with Gasteiger partial charge in [0.1, 0.15) is 5.15 Å². The molecule has 1 aliphatic rings. The minimum atomic E-state index is -0.739. The highest BCUT2D eigenvalue weighted by Gasteiger charge is 2.43. The summed E-state index contributed by atoms with van der Waals surface area (Å²) in [5, 5.41) is 15.5. The molecule has 94 valence electrons. The molecule has 1 aromatic heterocycles. The first-order valence-corrected chi connectivity index (χ1v) is 6.89. The van der Waals surface area contributed by atoms with Gasteiger partial charge in [-0.1, -0.05) is 24.4 Å².